The van der Waals surface area contributed by atoms with Gasteiger partial charge in [0.15, 0.2) is 0 Å². The number of amides is 1. The third kappa shape index (κ3) is 5.07. The molecule has 0 atom stereocenters. The SMILES string of the molecule is CC(C)c1ccc(NC(=O)/C(C#N)=C\Nc2ccc(F)c(Cl)c2)cc1. The Balaban J connectivity index is 2.07. The summed E-state index contributed by atoms with van der Waals surface area (Å²) >= 11 is 5.69. The Morgan fingerprint density at radius 2 is 1.84 bits per heavy atom. The third-order valence-corrected chi connectivity index (χ3v) is 3.79. The zero-order valence-corrected chi connectivity index (χ0v) is 14.6. The molecule has 0 saturated heterocycles. The van der Waals surface area contributed by atoms with Crippen molar-refractivity contribution in [3.05, 3.63) is 70.6 Å². The van der Waals surface area contributed by atoms with Crippen molar-refractivity contribution in [2.24, 2.45) is 0 Å². The molecule has 1 amide bonds. The highest BCUT2D eigenvalue weighted by molar-refractivity contribution is 6.31. The molecule has 0 fully saturated rings. The lowest BCUT2D eigenvalue weighted by atomic mass is 10.0. The van der Waals surface area contributed by atoms with Gasteiger partial charge in [-0.3, -0.25) is 4.79 Å². The predicted octanol–water partition coefficient (Wildman–Crippen LogP) is 5.06. The Kier molecular flexibility index (Phi) is 6.15. The summed E-state index contributed by atoms with van der Waals surface area (Å²) in [6.07, 6.45) is 1.25. The summed E-state index contributed by atoms with van der Waals surface area (Å²) < 4.78 is 13.1. The zero-order chi connectivity index (χ0) is 18.4. The van der Waals surface area contributed by atoms with E-state index in [1.54, 1.807) is 12.1 Å². The predicted molar refractivity (Wildman–Crippen MR) is 97.9 cm³/mol. The van der Waals surface area contributed by atoms with Gasteiger partial charge in [0.25, 0.3) is 5.91 Å². The Morgan fingerprint density at radius 1 is 1.20 bits per heavy atom. The average Bonchev–Trinajstić information content (AvgIpc) is 2.59. The second-order valence-electron chi connectivity index (χ2n) is 5.67. The number of carbonyl (C=O) groups is 1. The maximum absolute atomic E-state index is 13.1. The third-order valence-electron chi connectivity index (χ3n) is 3.50. The van der Waals surface area contributed by atoms with Crippen LogP contribution in [0.5, 0.6) is 0 Å². The molecule has 2 aromatic rings. The summed E-state index contributed by atoms with van der Waals surface area (Å²) in [5.41, 5.74) is 2.10. The Labute approximate surface area is 150 Å². The fraction of sp³-hybridized carbons (Fsp3) is 0.158. The molecular formula is C19H17ClFN3O. The highest BCUT2D eigenvalue weighted by Gasteiger charge is 2.10. The molecular weight excluding hydrogens is 341 g/mol. The standard InChI is InChI=1S/C19H17ClFN3O/c1-12(2)13-3-5-15(6-4-13)24-19(25)14(10-22)11-23-16-7-8-18(21)17(20)9-16/h3-9,11-12,23H,1-2H3,(H,24,25)/b14-11-. The highest BCUT2D eigenvalue weighted by Crippen LogP contribution is 2.20. The molecule has 0 saturated carbocycles. The van der Waals surface area contributed by atoms with Crippen molar-refractivity contribution in [3.8, 4) is 6.07 Å². The fourth-order valence-electron chi connectivity index (χ4n) is 2.04. The second kappa shape index (κ2) is 8.32. The lowest BCUT2D eigenvalue weighted by molar-refractivity contribution is -0.112. The fourth-order valence-corrected chi connectivity index (χ4v) is 2.22. The van der Waals surface area contributed by atoms with Gasteiger partial charge in [0.1, 0.15) is 17.5 Å². The van der Waals surface area contributed by atoms with Crippen LogP contribution in [0.2, 0.25) is 5.02 Å². The molecule has 2 N–H and O–H groups in total. The van der Waals surface area contributed by atoms with Crippen LogP contribution in [0.4, 0.5) is 15.8 Å². The minimum atomic E-state index is -0.542. The smallest absolute Gasteiger partial charge is 0.267 e. The number of benzene rings is 2. The van der Waals surface area contributed by atoms with E-state index in [-0.39, 0.29) is 10.6 Å². The van der Waals surface area contributed by atoms with Crippen molar-refractivity contribution in [2.45, 2.75) is 19.8 Å². The van der Waals surface area contributed by atoms with Gasteiger partial charge in [-0.1, -0.05) is 37.6 Å². The molecule has 4 nitrogen and oxygen atoms in total. The lowest BCUT2D eigenvalue weighted by Gasteiger charge is -2.08. The molecule has 0 aliphatic rings. The van der Waals surface area contributed by atoms with Gasteiger partial charge in [-0.05, 0) is 41.8 Å². The van der Waals surface area contributed by atoms with E-state index in [0.717, 1.165) is 5.56 Å². The van der Waals surface area contributed by atoms with Crippen molar-refractivity contribution < 1.29 is 9.18 Å². The van der Waals surface area contributed by atoms with Gasteiger partial charge in [-0.15, -0.1) is 0 Å². The lowest BCUT2D eigenvalue weighted by Crippen LogP contribution is -2.14. The molecule has 0 unspecified atom stereocenters. The first-order chi connectivity index (χ1) is 11.9. The summed E-state index contributed by atoms with van der Waals surface area (Å²) in [6, 6.07) is 13.3. The van der Waals surface area contributed by atoms with Crippen molar-refractivity contribution >= 4 is 28.9 Å². The Hall–Kier alpha value is -2.84. The highest BCUT2D eigenvalue weighted by atomic mass is 35.5. The molecule has 0 aliphatic heterocycles. The van der Waals surface area contributed by atoms with E-state index in [1.807, 2.05) is 18.2 Å². The van der Waals surface area contributed by atoms with E-state index in [4.69, 9.17) is 16.9 Å². The number of nitriles is 1. The van der Waals surface area contributed by atoms with Crippen LogP contribution in [-0.2, 0) is 4.79 Å². The van der Waals surface area contributed by atoms with Gasteiger partial charge in [0.2, 0.25) is 0 Å². The average molecular weight is 358 g/mol. The minimum Gasteiger partial charge on any atom is -0.360 e. The van der Waals surface area contributed by atoms with E-state index in [1.165, 1.54) is 24.4 Å². The quantitative estimate of drug-likeness (QED) is 0.580. The van der Waals surface area contributed by atoms with Crippen molar-refractivity contribution in [1.29, 1.82) is 5.26 Å². The number of hydrogen-bond acceptors (Lipinski definition) is 3. The number of halogens is 2. The largest absolute Gasteiger partial charge is 0.360 e. The van der Waals surface area contributed by atoms with Gasteiger partial charge in [-0.2, -0.15) is 5.26 Å². The molecule has 0 radical (unpaired) electrons. The molecule has 0 spiro atoms. The zero-order valence-electron chi connectivity index (χ0n) is 13.8. The molecule has 128 valence electrons. The van der Waals surface area contributed by atoms with E-state index in [0.29, 0.717) is 17.3 Å². The van der Waals surface area contributed by atoms with Crippen molar-refractivity contribution in [3.63, 3.8) is 0 Å². The van der Waals surface area contributed by atoms with Crippen LogP contribution in [0.3, 0.4) is 0 Å². The van der Waals surface area contributed by atoms with Crippen LogP contribution in [0.25, 0.3) is 0 Å². The first kappa shape index (κ1) is 18.5. The van der Waals surface area contributed by atoms with Crippen molar-refractivity contribution in [2.75, 3.05) is 10.6 Å². The first-order valence-electron chi connectivity index (χ1n) is 7.64. The summed E-state index contributed by atoms with van der Waals surface area (Å²) in [5, 5.41) is 14.5. The Bertz CT molecular complexity index is 839. The molecule has 0 aromatic heterocycles. The minimum absolute atomic E-state index is 0.0494. The van der Waals surface area contributed by atoms with E-state index >= 15 is 0 Å². The van der Waals surface area contributed by atoms with Crippen molar-refractivity contribution in [1.82, 2.24) is 0 Å². The number of carbonyl (C=O) groups excluding carboxylic acids is 1. The topological polar surface area (TPSA) is 64.9 Å². The number of nitrogens with zero attached hydrogens (tertiary/aromatic N) is 1. The van der Waals surface area contributed by atoms with E-state index in [2.05, 4.69) is 24.5 Å². The molecule has 0 aliphatic carbocycles. The summed E-state index contributed by atoms with van der Waals surface area (Å²) in [5.74, 6) is -0.689. The van der Waals surface area contributed by atoms with Gasteiger partial charge in [-0.25, -0.2) is 4.39 Å². The van der Waals surface area contributed by atoms with Crippen LogP contribution in [-0.4, -0.2) is 5.91 Å². The summed E-state index contributed by atoms with van der Waals surface area (Å²) in [6.45, 7) is 4.16. The number of hydrogen-bond donors (Lipinski definition) is 2. The number of nitrogens with one attached hydrogen (secondary N) is 2. The van der Waals surface area contributed by atoms with Gasteiger partial charge in [0.05, 0.1) is 5.02 Å². The number of rotatable bonds is 5. The molecule has 0 heterocycles. The number of anilines is 2. The first-order valence-corrected chi connectivity index (χ1v) is 8.01. The molecule has 2 aromatic carbocycles. The molecule has 6 heteroatoms. The molecule has 25 heavy (non-hydrogen) atoms. The van der Waals surface area contributed by atoms with Crippen LogP contribution >= 0.6 is 11.6 Å². The van der Waals surface area contributed by atoms with E-state index < -0.39 is 11.7 Å². The van der Waals surface area contributed by atoms with Crippen LogP contribution in [0.1, 0.15) is 25.3 Å². The normalized spacial score (nSPS) is 11.1. The Morgan fingerprint density at radius 3 is 2.40 bits per heavy atom. The van der Waals surface area contributed by atoms with Gasteiger partial charge < -0.3 is 10.6 Å². The van der Waals surface area contributed by atoms with Gasteiger partial charge >= 0.3 is 0 Å². The summed E-state index contributed by atoms with van der Waals surface area (Å²) in [4.78, 5) is 12.2. The maximum Gasteiger partial charge on any atom is 0.267 e. The summed E-state index contributed by atoms with van der Waals surface area (Å²) in [7, 11) is 0. The van der Waals surface area contributed by atoms with E-state index in [9.17, 15) is 9.18 Å². The van der Waals surface area contributed by atoms with Crippen LogP contribution < -0.4 is 10.6 Å². The molecule has 2 rings (SSSR count). The van der Waals surface area contributed by atoms with Gasteiger partial charge in [0, 0.05) is 17.6 Å². The van der Waals surface area contributed by atoms with Crippen LogP contribution in [0, 0.1) is 17.1 Å². The van der Waals surface area contributed by atoms with Crippen LogP contribution in [0.15, 0.2) is 54.2 Å². The maximum atomic E-state index is 13.1. The second-order valence-corrected chi connectivity index (χ2v) is 6.08. The molecule has 0 bridgehead atoms. The monoisotopic (exact) mass is 357 g/mol.